The average Bonchev–Trinajstić information content (AvgIpc) is 3.40. The summed E-state index contributed by atoms with van der Waals surface area (Å²) >= 11 is 0. The number of hydrogen-bond acceptors (Lipinski definition) is 4. The minimum absolute atomic E-state index is 0.0523. The molecule has 0 aromatic heterocycles. The number of hydrogen-bond donors (Lipinski definition) is 0. The van der Waals surface area contributed by atoms with Gasteiger partial charge in [0.25, 0.3) is 5.91 Å². The zero-order valence-electron chi connectivity index (χ0n) is 19.5. The van der Waals surface area contributed by atoms with Gasteiger partial charge in [0.1, 0.15) is 18.1 Å². The Bertz CT molecular complexity index is 1040. The Balaban J connectivity index is 0.00000126. The van der Waals surface area contributed by atoms with Crippen molar-refractivity contribution < 1.29 is 14.3 Å². The van der Waals surface area contributed by atoms with Gasteiger partial charge in [-0.15, -0.1) is 0 Å². The van der Waals surface area contributed by atoms with Crippen LogP contribution in [-0.2, 0) is 0 Å². The van der Waals surface area contributed by atoms with Gasteiger partial charge in [0.2, 0.25) is 0 Å². The molecule has 0 N–H and O–H groups in total. The number of benzene rings is 3. The van der Waals surface area contributed by atoms with Crippen molar-refractivity contribution in [1.82, 2.24) is 4.90 Å². The van der Waals surface area contributed by atoms with E-state index in [1.807, 2.05) is 86.6 Å². The number of anilines is 1. The Labute approximate surface area is 196 Å². The Morgan fingerprint density at radius 1 is 0.879 bits per heavy atom. The maximum Gasteiger partial charge on any atom is 0.264 e. The summed E-state index contributed by atoms with van der Waals surface area (Å²) in [5.74, 6) is 1.40. The lowest BCUT2D eigenvalue weighted by molar-refractivity contribution is 0.0937. The van der Waals surface area contributed by atoms with E-state index in [0.29, 0.717) is 17.9 Å². The van der Waals surface area contributed by atoms with Gasteiger partial charge in [-0.2, -0.15) is 0 Å². The van der Waals surface area contributed by atoms with Crippen LogP contribution in [0.1, 0.15) is 37.0 Å². The van der Waals surface area contributed by atoms with Crippen molar-refractivity contribution in [3.05, 3.63) is 78.4 Å². The topological polar surface area (TPSA) is 42.0 Å². The van der Waals surface area contributed by atoms with E-state index in [1.165, 1.54) is 25.9 Å². The van der Waals surface area contributed by atoms with Crippen LogP contribution in [0.4, 0.5) is 5.69 Å². The molecular weight excluding hydrogens is 412 g/mol. The first-order chi connectivity index (χ1) is 16.3. The summed E-state index contributed by atoms with van der Waals surface area (Å²) in [5, 5.41) is 0. The Kier molecular flexibility index (Phi) is 7.63. The third-order valence-corrected chi connectivity index (χ3v) is 5.94. The second kappa shape index (κ2) is 11.0. The van der Waals surface area contributed by atoms with E-state index in [-0.39, 0.29) is 12.6 Å². The van der Waals surface area contributed by atoms with E-state index in [4.69, 9.17) is 9.47 Å². The van der Waals surface area contributed by atoms with Gasteiger partial charge >= 0.3 is 0 Å². The molecule has 2 heterocycles. The van der Waals surface area contributed by atoms with Crippen molar-refractivity contribution in [3.63, 3.8) is 0 Å². The second-order valence-electron chi connectivity index (χ2n) is 7.97. The van der Waals surface area contributed by atoms with Crippen molar-refractivity contribution >= 4 is 11.6 Å². The van der Waals surface area contributed by atoms with E-state index in [0.717, 1.165) is 29.1 Å². The number of ether oxygens (including phenoxy) is 2. The van der Waals surface area contributed by atoms with Gasteiger partial charge in [0.05, 0.1) is 5.56 Å². The predicted octanol–water partition coefficient (Wildman–Crippen LogP) is 5.85. The highest BCUT2D eigenvalue weighted by atomic mass is 16.5. The summed E-state index contributed by atoms with van der Waals surface area (Å²) in [6.45, 7) is 8.19. The number of fused-ring (bicyclic) bond motifs is 1. The first kappa shape index (κ1) is 22.9. The molecule has 0 bridgehead atoms. The van der Waals surface area contributed by atoms with Crippen LogP contribution in [0.15, 0.2) is 72.8 Å². The van der Waals surface area contributed by atoms with Gasteiger partial charge in [0.15, 0.2) is 6.73 Å². The van der Waals surface area contributed by atoms with Gasteiger partial charge < -0.3 is 9.47 Å². The van der Waals surface area contributed by atoms with Crippen LogP contribution in [0, 0.1) is 0 Å². The summed E-state index contributed by atoms with van der Waals surface area (Å²) in [4.78, 5) is 17.2. The van der Waals surface area contributed by atoms with Crippen LogP contribution in [0.5, 0.6) is 11.5 Å². The van der Waals surface area contributed by atoms with E-state index in [2.05, 4.69) is 4.90 Å². The number of likely N-dealkylation sites (tertiary alicyclic amines) is 1. The molecule has 5 rings (SSSR count). The normalized spacial score (nSPS) is 15.3. The van der Waals surface area contributed by atoms with E-state index in [9.17, 15) is 4.79 Å². The van der Waals surface area contributed by atoms with Gasteiger partial charge in [0, 0.05) is 12.2 Å². The van der Waals surface area contributed by atoms with E-state index in [1.54, 1.807) is 4.90 Å². The van der Waals surface area contributed by atoms with Crippen molar-refractivity contribution in [2.24, 2.45) is 0 Å². The van der Waals surface area contributed by atoms with Crippen molar-refractivity contribution in [1.29, 1.82) is 0 Å². The van der Waals surface area contributed by atoms with Gasteiger partial charge in [-0.05, 0) is 73.5 Å². The lowest BCUT2D eigenvalue weighted by Crippen LogP contribution is -2.38. The summed E-state index contributed by atoms with van der Waals surface area (Å²) < 4.78 is 11.8. The number of nitrogens with zero attached hydrogens (tertiary/aromatic N) is 2. The molecule has 172 valence electrons. The molecule has 3 aromatic carbocycles. The number of carbonyl (C=O) groups is 1. The zero-order valence-corrected chi connectivity index (χ0v) is 19.5. The number of carbonyl (C=O) groups excluding carboxylic acids is 1. The van der Waals surface area contributed by atoms with Gasteiger partial charge in [-0.25, -0.2) is 0 Å². The molecule has 0 unspecified atom stereocenters. The fourth-order valence-corrected chi connectivity index (χ4v) is 4.18. The van der Waals surface area contributed by atoms with Gasteiger partial charge in [-0.1, -0.05) is 50.2 Å². The lowest BCUT2D eigenvalue weighted by Gasteiger charge is -2.29. The SMILES string of the molecule is CC.O=C1c2ccc(-c3ccccc3)cc2OCN1c1ccc(OCCN2CCCC2)cc1. The van der Waals surface area contributed by atoms with Crippen LogP contribution >= 0.6 is 0 Å². The number of rotatable bonds is 6. The summed E-state index contributed by atoms with van der Waals surface area (Å²) in [7, 11) is 0. The zero-order chi connectivity index (χ0) is 23.0. The summed E-state index contributed by atoms with van der Waals surface area (Å²) in [6.07, 6.45) is 2.58. The van der Waals surface area contributed by atoms with E-state index >= 15 is 0 Å². The summed E-state index contributed by atoms with van der Waals surface area (Å²) in [6, 6.07) is 23.5. The molecule has 0 radical (unpaired) electrons. The minimum atomic E-state index is -0.0523. The highest BCUT2D eigenvalue weighted by Crippen LogP contribution is 2.33. The Hall–Kier alpha value is -3.31. The smallest absolute Gasteiger partial charge is 0.264 e. The first-order valence-corrected chi connectivity index (χ1v) is 11.9. The largest absolute Gasteiger partial charge is 0.492 e. The van der Waals surface area contributed by atoms with Crippen molar-refractivity contribution in [3.8, 4) is 22.6 Å². The molecule has 1 amide bonds. The molecule has 2 aliphatic rings. The monoisotopic (exact) mass is 444 g/mol. The molecular formula is C28H32N2O3. The van der Waals surface area contributed by atoms with Crippen LogP contribution in [0.25, 0.3) is 11.1 Å². The maximum absolute atomic E-state index is 13.1. The fourth-order valence-electron chi connectivity index (χ4n) is 4.18. The Morgan fingerprint density at radius 2 is 1.61 bits per heavy atom. The molecule has 33 heavy (non-hydrogen) atoms. The average molecular weight is 445 g/mol. The third-order valence-electron chi connectivity index (χ3n) is 5.94. The molecule has 1 fully saturated rings. The highest BCUT2D eigenvalue weighted by Gasteiger charge is 2.27. The molecule has 0 saturated carbocycles. The van der Waals surface area contributed by atoms with Gasteiger partial charge in [-0.3, -0.25) is 14.6 Å². The third kappa shape index (κ3) is 5.37. The van der Waals surface area contributed by atoms with Crippen molar-refractivity contribution in [2.45, 2.75) is 26.7 Å². The quantitative estimate of drug-likeness (QED) is 0.478. The molecule has 5 heteroatoms. The molecule has 2 aliphatic heterocycles. The van der Waals surface area contributed by atoms with Crippen LogP contribution < -0.4 is 14.4 Å². The fraction of sp³-hybridized carbons (Fsp3) is 0.321. The first-order valence-electron chi connectivity index (χ1n) is 11.9. The molecule has 0 spiro atoms. The molecule has 0 atom stereocenters. The molecule has 5 nitrogen and oxygen atoms in total. The standard InChI is InChI=1S/C26H26N2O3.C2H6/c29-26-24-13-8-21(20-6-2-1-3-7-20)18-25(24)31-19-28(26)22-9-11-23(12-10-22)30-17-16-27-14-4-5-15-27;1-2/h1-3,6-13,18H,4-5,14-17,19H2;1-2H3. The summed E-state index contributed by atoms with van der Waals surface area (Å²) in [5.41, 5.74) is 3.52. The van der Waals surface area contributed by atoms with E-state index < -0.39 is 0 Å². The lowest BCUT2D eigenvalue weighted by atomic mass is 10.0. The van der Waals surface area contributed by atoms with Crippen LogP contribution in [0.2, 0.25) is 0 Å². The molecule has 0 aliphatic carbocycles. The highest BCUT2D eigenvalue weighted by molar-refractivity contribution is 6.09. The van der Waals surface area contributed by atoms with Crippen LogP contribution in [-0.4, -0.2) is 43.8 Å². The van der Waals surface area contributed by atoms with Crippen molar-refractivity contribution in [2.75, 3.05) is 37.9 Å². The predicted molar refractivity (Wildman–Crippen MR) is 133 cm³/mol. The van der Waals surface area contributed by atoms with Crippen LogP contribution in [0.3, 0.4) is 0 Å². The number of amides is 1. The minimum Gasteiger partial charge on any atom is -0.492 e. The maximum atomic E-state index is 13.1. The molecule has 1 saturated heterocycles. The second-order valence-corrected chi connectivity index (χ2v) is 7.97. The molecule has 3 aromatic rings. The Morgan fingerprint density at radius 3 is 2.33 bits per heavy atom.